The molecule has 0 radical (unpaired) electrons. The number of thiazole rings is 1. The normalized spacial score (nSPS) is 10.2. The number of pyridine rings is 1. The highest BCUT2D eigenvalue weighted by molar-refractivity contribution is 7.14. The molecule has 1 amide bonds. The van der Waals surface area contributed by atoms with E-state index >= 15 is 0 Å². The first-order valence-electron chi connectivity index (χ1n) is 8.76. The third-order valence-electron chi connectivity index (χ3n) is 4.07. The van der Waals surface area contributed by atoms with Crippen molar-refractivity contribution in [1.82, 2.24) is 14.5 Å². The minimum absolute atomic E-state index is 0.212. The van der Waals surface area contributed by atoms with Gasteiger partial charge < -0.3 is 4.57 Å². The molecule has 4 rings (SSSR count). The van der Waals surface area contributed by atoms with Gasteiger partial charge >= 0.3 is 0 Å². The molecule has 0 unspecified atom stereocenters. The molecule has 29 heavy (non-hydrogen) atoms. The van der Waals surface area contributed by atoms with Crippen LogP contribution in [0.5, 0.6) is 0 Å². The van der Waals surface area contributed by atoms with Gasteiger partial charge in [-0.1, -0.05) is 17.5 Å². The average Bonchev–Trinajstić information content (AvgIpc) is 3.38. The van der Waals surface area contributed by atoms with Crippen LogP contribution in [0.15, 0.2) is 72.5 Å². The Labute approximate surface area is 177 Å². The van der Waals surface area contributed by atoms with Crippen LogP contribution in [0, 0.1) is 11.8 Å². The highest BCUT2D eigenvalue weighted by Gasteiger charge is 2.13. The molecular weight excluding hydrogens is 404 g/mol. The number of carbonyl (C=O) groups excluding carboxylic acids is 1. The number of rotatable bonds is 4. The molecular formula is C22H15ClN4OS. The minimum atomic E-state index is -0.212. The Balaban J connectivity index is 1.44. The van der Waals surface area contributed by atoms with Crippen molar-refractivity contribution in [2.45, 2.75) is 6.54 Å². The lowest BCUT2D eigenvalue weighted by Gasteiger charge is -2.08. The van der Waals surface area contributed by atoms with E-state index in [4.69, 9.17) is 11.6 Å². The molecule has 0 aliphatic heterocycles. The second kappa shape index (κ2) is 8.74. The van der Waals surface area contributed by atoms with Gasteiger partial charge in [0.15, 0.2) is 5.13 Å². The smallest absolute Gasteiger partial charge is 0.274 e. The van der Waals surface area contributed by atoms with Crippen LogP contribution in [0.4, 0.5) is 5.13 Å². The number of nitrogens with one attached hydrogen (secondary N) is 1. The Hall–Kier alpha value is -3.40. The van der Waals surface area contributed by atoms with Gasteiger partial charge in [0.05, 0.1) is 0 Å². The maximum Gasteiger partial charge on any atom is 0.274 e. The highest BCUT2D eigenvalue weighted by Crippen LogP contribution is 2.17. The molecule has 0 fully saturated rings. The molecule has 1 aromatic carbocycles. The Morgan fingerprint density at radius 1 is 1.10 bits per heavy atom. The van der Waals surface area contributed by atoms with E-state index in [9.17, 15) is 4.79 Å². The van der Waals surface area contributed by atoms with E-state index in [1.165, 1.54) is 11.3 Å². The number of nitrogens with zero attached hydrogens (tertiary/aromatic N) is 3. The summed E-state index contributed by atoms with van der Waals surface area (Å²) in [4.78, 5) is 21.1. The molecule has 0 bridgehead atoms. The zero-order chi connectivity index (χ0) is 20.1. The number of anilines is 1. The number of hydrogen-bond acceptors (Lipinski definition) is 4. The molecule has 0 atom stereocenters. The van der Waals surface area contributed by atoms with Gasteiger partial charge in [0.2, 0.25) is 0 Å². The van der Waals surface area contributed by atoms with Crippen LogP contribution in [0.25, 0.3) is 0 Å². The summed E-state index contributed by atoms with van der Waals surface area (Å²) in [5, 5.41) is 5.84. The summed E-state index contributed by atoms with van der Waals surface area (Å²) in [6.45, 7) is 0.591. The minimum Gasteiger partial charge on any atom is -0.339 e. The van der Waals surface area contributed by atoms with Crippen molar-refractivity contribution in [2.24, 2.45) is 0 Å². The highest BCUT2D eigenvalue weighted by atomic mass is 35.5. The average molecular weight is 419 g/mol. The number of hydrogen-bond donors (Lipinski definition) is 1. The molecule has 3 aromatic heterocycles. The Morgan fingerprint density at radius 3 is 2.69 bits per heavy atom. The third kappa shape index (κ3) is 4.91. The van der Waals surface area contributed by atoms with Crippen LogP contribution in [-0.2, 0) is 6.54 Å². The zero-order valence-electron chi connectivity index (χ0n) is 15.2. The summed E-state index contributed by atoms with van der Waals surface area (Å²) in [5.41, 5.74) is 3.08. The van der Waals surface area contributed by atoms with Crippen molar-refractivity contribution in [1.29, 1.82) is 0 Å². The van der Waals surface area contributed by atoms with Crippen molar-refractivity contribution in [3.8, 4) is 11.8 Å². The summed E-state index contributed by atoms with van der Waals surface area (Å²) in [5.74, 6) is 5.82. The second-order valence-corrected chi connectivity index (χ2v) is 7.42. The first kappa shape index (κ1) is 18.9. The van der Waals surface area contributed by atoms with Crippen molar-refractivity contribution in [3.05, 3.63) is 100 Å². The largest absolute Gasteiger partial charge is 0.339 e. The predicted molar refractivity (Wildman–Crippen MR) is 115 cm³/mol. The number of carbonyl (C=O) groups is 1. The van der Waals surface area contributed by atoms with Crippen LogP contribution in [0.2, 0.25) is 5.02 Å². The van der Waals surface area contributed by atoms with Gasteiger partial charge in [0.1, 0.15) is 11.4 Å². The van der Waals surface area contributed by atoms with Crippen LogP contribution < -0.4 is 5.32 Å². The molecule has 0 saturated heterocycles. The van der Waals surface area contributed by atoms with E-state index in [-0.39, 0.29) is 5.91 Å². The number of benzene rings is 1. The standard InChI is InChI=1S/C22H15ClN4OS/c23-18-6-3-16(4-7-18)5-8-19-15-29-22(25-19)26-21(28)20-2-1-13-27(20)14-17-9-11-24-12-10-17/h1-4,6-7,9-13,15H,14H2,(H,25,26,28). The lowest BCUT2D eigenvalue weighted by molar-refractivity contribution is 0.101. The van der Waals surface area contributed by atoms with E-state index in [0.717, 1.165) is 11.1 Å². The van der Waals surface area contributed by atoms with Gasteiger partial charge in [-0.2, -0.15) is 0 Å². The maximum atomic E-state index is 12.7. The van der Waals surface area contributed by atoms with E-state index in [2.05, 4.69) is 27.1 Å². The van der Waals surface area contributed by atoms with Crippen molar-refractivity contribution in [2.75, 3.05) is 5.32 Å². The fraction of sp³-hybridized carbons (Fsp3) is 0.0455. The van der Waals surface area contributed by atoms with Crippen LogP contribution in [0.3, 0.4) is 0 Å². The summed E-state index contributed by atoms with van der Waals surface area (Å²) in [6, 6.07) is 14.8. The monoisotopic (exact) mass is 418 g/mol. The molecule has 0 aliphatic carbocycles. The van der Waals surface area contributed by atoms with Crippen LogP contribution in [0.1, 0.15) is 27.3 Å². The second-order valence-electron chi connectivity index (χ2n) is 6.13. The van der Waals surface area contributed by atoms with Gasteiger partial charge in [-0.15, -0.1) is 11.3 Å². The predicted octanol–water partition coefficient (Wildman–Crippen LogP) is 4.69. The fourth-order valence-electron chi connectivity index (χ4n) is 2.66. The van der Waals surface area contributed by atoms with Crippen LogP contribution >= 0.6 is 22.9 Å². The van der Waals surface area contributed by atoms with Gasteiger partial charge in [0.25, 0.3) is 5.91 Å². The lowest BCUT2D eigenvalue weighted by atomic mass is 10.2. The molecule has 3 heterocycles. The van der Waals surface area contributed by atoms with E-state index in [0.29, 0.717) is 28.1 Å². The molecule has 142 valence electrons. The third-order valence-corrected chi connectivity index (χ3v) is 5.08. The van der Waals surface area contributed by atoms with E-state index in [1.807, 2.05) is 46.5 Å². The summed E-state index contributed by atoms with van der Waals surface area (Å²) in [6.07, 6.45) is 5.35. The van der Waals surface area contributed by atoms with Crippen molar-refractivity contribution < 1.29 is 4.79 Å². The SMILES string of the molecule is O=C(Nc1nc(C#Cc2ccc(Cl)cc2)cs1)c1cccn1Cc1ccncc1. The van der Waals surface area contributed by atoms with Gasteiger partial charge in [0, 0.05) is 41.1 Å². The Kier molecular flexibility index (Phi) is 5.71. The number of aromatic nitrogens is 3. The summed E-state index contributed by atoms with van der Waals surface area (Å²) in [7, 11) is 0. The zero-order valence-corrected chi connectivity index (χ0v) is 16.7. The topological polar surface area (TPSA) is 59.8 Å². The first-order chi connectivity index (χ1) is 14.2. The first-order valence-corrected chi connectivity index (χ1v) is 10.0. The molecule has 1 N–H and O–H groups in total. The fourth-order valence-corrected chi connectivity index (χ4v) is 3.43. The molecule has 0 aliphatic rings. The van der Waals surface area contributed by atoms with Crippen molar-refractivity contribution in [3.63, 3.8) is 0 Å². The van der Waals surface area contributed by atoms with Gasteiger partial charge in [-0.3, -0.25) is 15.1 Å². The van der Waals surface area contributed by atoms with Crippen molar-refractivity contribution >= 4 is 34.0 Å². The Morgan fingerprint density at radius 2 is 1.90 bits per heavy atom. The lowest BCUT2D eigenvalue weighted by Crippen LogP contribution is -2.17. The summed E-state index contributed by atoms with van der Waals surface area (Å²) < 4.78 is 1.89. The molecule has 5 nitrogen and oxygen atoms in total. The molecule has 7 heteroatoms. The molecule has 4 aromatic rings. The number of amides is 1. The number of halogens is 1. The quantitative estimate of drug-likeness (QED) is 0.489. The molecule has 0 spiro atoms. The Bertz CT molecular complexity index is 1190. The summed E-state index contributed by atoms with van der Waals surface area (Å²) >= 11 is 7.21. The van der Waals surface area contributed by atoms with Gasteiger partial charge in [-0.25, -0.2) is 4.98 Å². The van der Waals surface area contributed by atoms with Crippen LogP contribution in [-0.4, -0.2) is 20.4 Å². The molecule has 0 saturated carbocycles. The van der Waals surface area contributed by atoms with Gasteiger partial charge in [-0.05, 0) is 60.0 Å². The van der Waals surface area contributed by atoms with E-state index in [1.54, 1.807) is 30.6 Å². The maximum absolute atomic E-state index is 12.7. The van der Waals surface area contributed by atoms with E-state index < -0.39 is 0 Å².